The molecule has 0 aromatic carbocycles. The van der Waals surface area contributed by atoms with Crippen LogP contribution in [-0.4, -0.2) is 44.0 Å². The number of fused-ring (bicyclic) bond motifs is 1. The molecular weight excluding hydrogens is 216 g/mol. The molecule has 2 heterocycles. The average molecular weight is 236 g/mol. The lowest BCUT2D eigenvalue weighted by molar-refractivity contribution is 0.123. The minimum Gasteiger partial charge on any atom is -0.393 e. The van der Waals surface area contributed by atoms with E-state index in [4.69, 9.17) is 0 Å². The third kappa shape index (κ3) is 1.87. The van der Waals surface area contributed by atoms with Crippen LogP contribution in [0.2, 0.25) is 0 Å². The third-order valence-electron chi connectivity index (χ3n) is 4.44. The summed E-state index contributed by atoms with van der Waals surface area (Å²) in [6.45, 7) is 4.95. The topological polar surface area (TPSA) is 54.2 Å². The molecule has 1 N–H and O–H groups in total. The van der Waals surface area contributed by atoms with Gasteiger partial charge in [-0.2, -0.15) is 0 Å². The number of hydrogen-bond donors (Lipinski definition) is 1. The van der Waals surface area contributed by atoms with E-state index in [9.17, 15) is 5.11 Å². The molecule has 1 aromatic heterocycles. The smallest absolute Gasteiger partial charge is 0.146 e. The van der Waals surface area contributed by atoms with Crippen LogP contribution in [0.1, 0.15) is 24.5 Å². The Hall–Kier alpha value is -0.940. The van der Waals surface area contributed by atoms with Crippen LogP contribution >= 0.6 is 0 Å². The number of nitrogens with zero attached hydrogens (tertiary/aromatic N) is 4. The van der Waals surface area contributed by atoms with Gasteiger partial charge in [-0.15, -0.1) is 10.2 Å². The van der Waals surface area contributed by atoms with Crippen molar-refractivity contribution in [2.24, 2.45) is 18.9 Å². The summed E-state index contributed by atoms with van der Waals surface area (Å²) in [5, 5.41) is 18.2. The van der Waals surface area contributed by atoms with Crippen LogP contribution in [-0.2, 0) is 13.6 Å². The van der Waals surface area contributed by atoms with E-state index in [-0.39, 0.29) is 6.10 Å². The van der Waals surface area contributed by atoms with E-state index >= 15 is 0 Å². The Morgan fingerprint density at radius 2 is 2.12 bits per heavy atom. The molecule has 5 nitrogen and oxygen atoms in total. The van der Waals surface area contributed by atoms with Gasteiger partial charge in [0.25, 0.3) is 0 Å². The monoisotopic (exact) mass is 236 g/mol. The maximum atomic E-state index is 9.88. The highest BCUT2D eigenvalue weighted by molar-refractivity contribution is 4.97. The van der Waals surface area contributed by atoms with E-state index < -0.39 is 0 Å². The Morgan fingerprint density at radius 3 is 2.76 bits per heavy atom. The molecule has 2 fully saturated rings. The van der Waals surface area contributed by atoms with Gasteiger partial charge in [0.05, 0.1) is 12.6 Å². The molecule has 0 bridgehead atoms. The molecule has 3 atom stereocenters. The molecule has 0 spiro atoms. The quantitative estimate of drug-likeness (QED) is 0.804. The molecule has 5 heteroatoms. The van der Waals surface area contributed by atoms with E-state index in [1.54, 1.807) is 0 Å². The molecule has 1 aromatic rings. The zero-order chi connectivity index (χ0) is 12.0. The lowest BCUT2D eigenvalue weighted by Gasteiger charge is -2.17. The van der Waals surface area contributed by atoms with Crippen molar-refractivity contribution >= 4 is 0 Å². The van der Waals surface area contributed by atoms with E-state index in [2.05, 4.69) is 15.1 Å². The fourth-order valence-electron chi connectivity index (χ4n) is 3.25. The van der Waals surface area contributed by atoms with Crippen molar-refractivity contribution < 1.29 is 5.11 Å². The number of aromatic nitrogens is 3. The Kier molecular flexibility index (Phi) is 2.67. The Labute approximate surface area is 101 Å². The molecule has 1 aliphatic heterocycles. The van der Waals surface area contributed by atoms with Crippen LogP contribution in [0.25, 0.3) is 0 Å². The molecule has 0 amide bonds. The molecule has 1 aliphatic carbocycles. The highest BCUT2D eigenvalue weighted by atomic mass is 16.3. The molecular formula is C12H20N4O. The molecule has 1 saturated heterocycles. The summed E-state index contributed by atoms with van der Waals surface area (Å²) in [6, 6.07) is 0. The fourth-order valence-corrected chi connectivity index (χ4v) is 3.25. The van der Waals surface area contributed by atoms with Crippen molar-refractivity contribution in [1.82, 2.24) is 19.7 Å². The molecule has 94 valence electrons. The van der Waals surface area contributed by atoms with E-state index in [1.165, 1.54) is 6.42 Å². The lowest BCUT2D eigenvalue weighted by Crippen LogP contribution is -2.25. The highest BCUT2D eigenvalue weighted by Gasteiger charge is 2.41. The van der Waals surface area contributed by atoms with Gasteiger partial charge in [-0.1, -0.05) is 0 Å². The van der Waals surface area contributed by atoms with Crippen LogP contribution in [0.3, 0.4) is 0 Å². The second kappa shape index (κ2) is 4.07. The Balaban J connectivity index is 1.66. The predicted molar refractivity (Wildman–Crippen MR) is 63.2 cm³/mol. The zero-order valence-corrected chi connectivity index (χ0v) is 10.5. The molecule has 0 radical (unpaired) electrons. The third-order valence-corrected chi connectivity index (χ3v) is 4.44. The standard InChI is InChI=1S/C12H20N4O/c1-8-13-14-12(15(8)2)7-16-5-9-3-4-11(17)10(9)6-16/h9-11,17H,3-7H2,1-2H3. The first-order valence-electron chi connectivity index (χ1n) is 6.40. The molecule has 3 rings (SSSR count). The molecule has 1 saturated carbocycles. The van der Waals surface area contributed by atoms with Crippen molar-refractivity contribution in [3.05, 3.63) is 11.6 Å². The molecule has 2 aliphatic rings. The largest absolute Gasteiger partial charge is 0.393 e. The van der Waals surface area contributed by atoms with Gasteiger partial charge in [0.15, 0.2) is 0 Å². The number of aryl methyl sites for hydroxylation is 1. The van der Waals surface area contributed by atoms with Crippen molar-refractivity contribution in [3.63, 3.8) is 0 Å². The highest BCUT2D eigenvalue weighted by Crippen LogP contribution is 2.38. The first-order valence-corrected chi connectivity index (χ1v) is 6.40. The molecule has 17 heavy (non-hydrogen) atoms. The van der Waals surface area contributed by atoms with Crippen molar-refractivity contribution in [2.75, 3.05) is 13.1 Å². The van der Waals surface area contributed by atoms with Gasteiger partial charge in [0, 0.05) is 26.1 Å². The predicted octanol–water partition coefficient (Wildman–Crippen LogP) is 0.326. The second-order valence-electron chi connectivity index (χ2n) is 5.49. The van der Waals surface area contributed by atoms with Crippen LogP contribution < -0.4 is 0 Å². The average Bonchev–Trinajstić information content (AvgIpc) is 2.93. The number of aliphatic hydroxyl groups excluding tert-OH is 1. The van der Waals surface area contributed by atoms with Crippen molar-refractivity contribution in [2.45, 2.75) is 32.4 Å². The number of hydrogen-bond acceptors (Lipinski definition) is 4. The van der Waals surface area contributed by atoms with E-state index in [0.29, 0.717) is 11.8 Å². The summed E-state index contributed by atoms with van der Waals surface area (Å²) >= 11 is 0. The first kappa shape index (κ1) is 11.2. The zero-order valence-electron chi connectivity index (χ0n) is 10.5. The van der Waals surface area contributed by atoms with Crippen molar-refractivity contribution in [3.8, 4) is 0 Å². The van der Waals surface area contributed by atoms with E-state index in [1.807, 2.05) is 18.5 Å². The SMILES string of the molecule is Cc1nnc(CN2CC3CCC(O)C3C2)n1C. The second-order valence-corrected chi connectivity index (χ2v) is 5.49. The Bertz CT molecular complexity index is 417. The lowest BCUT2D eigenvalue weighted by atomic mass is 10.00. The Morgan fingerprint density at radius 1 is 1.29 bits per heavy atom. The van der Waals surface area contributed by atoms with Crippen molar-refractivity contribution in [1.29, 1.82) is 0 Å². The first-order chi connectivity index (χ1) is 8.15. The van der Waals surface area contributed by atoms with E-state index in [0.717, 1.165) is 37.7 Å². The minimum atomic E-state index is -0.0776. The minimum absolute atomic E-state index is 0.0776. The molecule has 3 unspecified atom stereocenters. The van der Waals surface area contributed by atoms with Crippen LogP contribution in [0.5, 0.6) is 0 Å². The number of aliphatic hydroxyl groups is 1. The van der Waals surface area contributed by atoms with Gasteiger partial charge in [0.2, 0.25) is 0 Å². The fraction of sp³-hybridized carbons (Fsp3) is 0.833. The number of likely N-dealkylation sites (tertiary alicyclic amines) is 1. The maximum absolute atomic E-state index is 9.88. The summed E-state index contributed by atoms with van der Waals surface area (Å²) in [5.41, 5.74) is 0. The van der Waals surface area contributed by atoms with Gasteiger partial charge in [-0.05, 0) is 25.7 Å². The van der Waals surface area contributed by atoms with Crippen LogP contribution in [0.15, 0.2) is 0 Å². The van der Waals surface area contributed by atoms with Gasteiger partial charge < -0.3 is 9.67 Å². The van der Waals surface area contributed by atoms with Gasteiger partial charge >= 0.3 is 0 Å². The summed E-state index contributed by atoms with van der Waals surface area (Å²) < 4.78 is 2.05. The van der Waals surface area contributed by atoms with Gasteiger partial charge in [-0.3, -0.25) is 4.90 Å². The van der Waals surface area contributed by atoms with Gasteiger partial charge in [-0.25, -0.2) is 0 Å². The normalized spacial score (nSPS) is 33.2. The maximum Gasteiger partial charge on any atom is 0.146 e. The number of rotatable bonds is 2. The summed E-state index contributed by atoms with van der Waals surface area (Å²) in [6.07, 6.45) is 2.10. The summed E-state index contributed by atoms with van der Waals surface area (Å²) in [7, 11) is 2.01. The summed E-state index contributed by atoms with van der Waals surface area (Å²) in [5.74, 6) is 3.17. The van der Waals surface area contributed by atoms with Crippen LogP contribution in [0.4, 0.5) is 0 Å². The van der Waals surface area contributed by atoms with Gasteiger partial charge in [0.1, 0.15) is 11.6 Å². The van der Waals surface area contributed by atoms with Crippen LogP contribution in [0, 0.1) is 18.8 Å². The summed E-state index contributed by atoms with van der Waals surface area (Å²) in [4.78, 5) is 2.40.